The van der Waals surface area contributed by atoms with Crippen molar-refractivity contribution in [3.8, 4) is 0 Å². The van der Waals surface area contributed by atoms with Crippen LogP contribution in [0.2, 0.25) is 0 Å². The number of nitrogens with one attached hydrogen (secondary N) is 1. The monoisotopic (exact) mass is 167 g/mol. The van der Waals surface area contributed by atoms with Crippen LogP contribution in [0.25, 0.3) is 0 Å². The van der Waals surface area contributed by atoms with Crippen molar-refractivity contribution in [2.75, 3.05) is 0 Å². The smallest absolute Gasteiger partial charge is 0.167 e. The van der Waals surface area contributed by atoms with Gasteiger partial charge < -0.3 is 10.1 Å². The third kappa shape index (κ3) is 2.46. The summed E-state index contributed by atoms with van der Waals surface area (Å²) in [5.41, 5.74) is 0.919. The third-order valence-electron chi connectivity index (χ3n) is 1.32. The zero-order chi connectivity index (χ0) is 9.56. The van der Waals surface area contributed by atoms with Gasteiger partial charge in [-0.25, -0.2) is 0 Å². The molecule has 0 aromatic carbocycles. The minimum absolute atomic E-state index is 0.0426. The molecular weight excluding hydrogens is 150 g/mol. The second-order valence-corrected chi connectivity index (χ2v) is 2.09. The molecule has 1 rings (SSSR count). The minimum atomic E-state index is 0.0426. The quantitative estimate of drug-likeness (QED) is 0.682. The molecule has 0 saturated heterocycles. The first-order valence-corrected chi connectivity index (χ1v) is 4.20. The molecule has 0 amide bonds. The summed E-state index contributed by atoms with van der Waals surface area (Å²) in [5, 5.41) is 3.07. The van der Waals surface area contributed by atoms with Gasteiger partial charge in [0.2, 0.25) is 0 Å². The molecule has 1 aliphatic heterocycles. The van der Waals surface area contributed by atoms with Crippen LogP contribution in [0.5, 0.6) is 0 Å². The van der Waals surface area contributed by atoms with Crippen LogP contribution in [0.4, 0.5) is 0 Å². The second kappa shape index (κ2) is 5.47. The Morgan fingerprint density at radius 1 is 1.33 bits per heavy atom. The Balaban J connectivity index is 0.000000561. The molecular formula is C10H17NO. The molecule has 2 heteroatoms. The van der Waals surface area contributed by atoms with Gasteiger partial charge in [0.15, 0.2) is 6.23 Å². The van der Waals surface area contributed by atoms with E-state index in [-0.39, 0.29) is 6.23 Å². The molecule has 1 aliphatic rings. The fourth-order valence-corrected chi connectivity index (χ4v) is 0.891. The summed E-state index contributed by atoms with van der Waals surface area (Å²) in [4.78, 5) is 0. The molecule has 0 aliphatic carbocycles. The zero-order valence-corrected chi connectivity index (χ0v) is 8.05. The first-order chi connectivity index (χ1) is 5.77. The van der Waals surface area contributed by atoms with E-state index in [0.29, 0.717) is 0 Å². The molecule has 0 fully saturated rings. The normalized spacial score (nSPS) is 20.1. The van der Waals surface area contributed by atoms with Gasteiger partial charge in [-0.15, -0.1) is 0 Å². The standard InChI is InChI=1S/C8H11NO.C2H6/c1-4-7-8(5-2)10-6(3)9-7;1-2/h4-6,9H,1-2H2,3H3;1-2H3. The zero-order valence-electron chi connectivity index (χ0n) is 8.05. The van der Waals surface area contributed by atoms with Gasteiger partial charge in [0, 0.05) is 0 Å². The summed E-state index contributed by atoms with van der Waals surface area (Å²) in [6, 6.07) is 0. The summed E-state index contributed by atoms with van der Waals surface area (Å²) in [6.45, 7) is 13.2. The predicted molar refractivity (Wildman–Crippen MR) is 52.5 cm³/mol. The number of hydrogen-bond acceptors (Lipinski definition) is 2. The van der Waals surface area contributed by atoms with Crippen molar-refractivity contribution in [3.63, 3.8) is 0 Å². The minimum Gasteiger partial charge on any atom is -0.469 e. The predicted octanol–water partition coefficient (Wildman–Crippen LogP) is 2.56. The maximum Gasteiger partial charge on any atom is 0.167 e. The molecule has 0 radical (unpaired) electrons. The summed E-state index contributed by atoms with van der Waals surface area (Å²) < 4.78 is 5.29. The van der Waals surface area contributed by atoms with Gasteiger partial charge in [-0.2, -0.15) is 0 Å². The fourth-order valence-electron chi connectivity index (χ4n) is 0.891. The Bertz CT molecular complexity index is 174. The van der Waals surface area contributed by atoms with Crippen LogP contribution in [-0.4, -0.2) is 6.23 Å². The van der Waals surface area contributed by atoms with E-state index in [2.05, 4.69) is 18.5 Å². The summed E-state index contributed by atoms with van der Waals surface area (Å²) >= 11 is 0. The van der Waals surface area contributed by atoms with E-state index < -0.39 is 0 Å². The van der Waals surface area contributed by atoms with Crippen molar-refractivity contribution >= 4 is 0 Å². The van der Waals surface area contributed by atoms with Gasteiger partial charge in [-0.05, 0) is 19.1 Å². The summed E-state index contributed by atoms with van der Waals surface area (Å²) in [7, 11) is 0. The first-order valence-electron chi connectivity index (χ1n) is 4.20. The van der Waals surface area contributed by atoms with Crippen LogP contribution in [0, 0.1) is 0 Å². The second-order valence-electron chi connectivity index (χ2n) is 2.09. The SMILES string of the molecule is C=CC1=C(C=C)OC(C)N1.CC. The van der Waals surface area contributed by atoms with Crippen LogP contribution in [-0.2, 0) is 4.74 Å². The maximum atomic E-state index is 5.29. The molecule has 1 unspecified atom stereocenters. The van der Waals surface area contributed by atoms with E-state index in [1.807, 2.05) is 20.8 Å². The highest BCUT2D eigenvalue weighted by atomic mass is 16.5. The largest absolute Gasteiger partial charge is 0.469 e. The lowest BCUT2D eigenvalue weighted by Crippen LogP contribution is -2.18. The lowest BCUT2D eigenvalue weighted by atomic mass is 10.3. The average molecular weight is 167 g/mol. The summed E-state index contributed by atoms with van der Waals surface area (Å²) in [6.07, 6.45) is 3.44. The molecule has 2 nitrogen and oxygen atoms in total. The van der Waals surface area contributed by atoms with Crippen LogP contribution in [0.1, 0.15) is 20.8 Å². The van der Waals surface area contributed by atoms with Crippen LogP contribution >= 0.6 is 0 Å². The van der Waals surface area contributed by atoms with Crippen molar-refractivity contribution in [1.29, 1.82) is 0 Å². The van der Waals surface area contributed by atoms with Crippen LogP contribution < -0.4 is 5.32 Å². The molecule has 1 atom stereocenters. The van der Waals surface area contributed by atoms with Crippen LogP contribution in [0.15, 0.2) is 36.8 Å². The van der Waals surface area contributed by atoms with E-state index >= 15 is 0 Å². The van der Waals surface area contributed by atoms with Crippen molar-refractivity contribution in [3.05, 3.63) is 36.8 Å². The van der Waals surface area contributed by atoms with E-state index in [9.17, 15) is 0 Å². The lowest BCUT2D eigenvalue weighted by Gasteiger charge is -2.03. The van der Waals surface area contributed by atoms with E-state index in [1.165, 1.54) is 0 Å². The van der Waals surface area contributed by atoms with Gasteiger partial charge >= 0.3 is 0 Å². The van der Waals surface area contributed by atoms with E-state index in [0.717, 1.165) is 11.5 Å². The Kier molecular flexibility index (Phi) is 4.93. The molecule has 0 saturated carbocycles. The molecule has 0 bridgehead atoms. The van der Waals surface area contributed by atoms with Crippen LogP contribution in [0.3, 0.4) is 0 Å². The first kappa shape index (κ1) is 10.8. The molecule has 1 heterocycles. The van der Waals surface area contributed by atoms with Gasteiger partial charge in [-0.3, -0.25) is 0 Å². The van der Waals surface area contributed by atoms with Gasteiger partial charge in [-0.1, -0.05) is 27.0 Å². The lowest BCUT2D eigenvalue weighted by molar-refractivity contribution is 0.153. The Labute approximate surface area is 74.6 Å². The highest BCUT2D eigenvalue weighted by Crippen LogP contribution is 2.15. The molecule has 12 heavy (non-hydrogen) atoms. The molecule has 0 spiro atoms. The van der Waals surface area contributed by atoms with Gasteiger partial charge in [0.25, 0.3) is 0 Å². The number of ether oxygens (including phenoxy) is 1. The van der Waals surface area contributed by atoms with Crippen molar-refractivity contribution in [1.82, 2.24) is 5.32 Å². The number of allylic oxidation sites excluding steroid dienone is 2. The number of rotatable bonds is 2. The van der Waals surface area contributed by atoms with Gasteiger partial charge in [0.1, 0.15) is 5.76 Å². The molecule has 1 N–H and O–H groups in total. The molecule has 0 aromatic heterocycles. The van der Waals surface area contributed by atoms with Gasteiger partial charge in [0.05, 0.1) is 5.70 Å². The fraction of sp³-hybridized carbons (Fsp3) is 0.400. The van der Waals surface area contributed by atoms with Crippen molar-refractivity contribution in [2.45, 2.75) is 27.0 Å². The Morgan fingerprint density at radius 2 is 1.92 bits per heavy atom. The highest BCUT2D eigenvalue weighted by molar-refractivity contribution is 5.28. The number of hydrogen-bond donors (Lipinski definition) is 1. The Morgan fingerprint density at radius 3 is 2.25 bits per heavy atom. The average Bonchev–Trinajstić information content (AvgIpc) is 2.49. The van der Waals surface area contributed by atoms with Crippen molar-refractivity contribution in [2.24, 2.45) is 0 Å². The van der Waals surface area contributed by atoms with Crippen molar-refractivity contribution < 1.29 is 4.74 Å². The molecule has 68 valence electrons. The maximum absolute atomic E-state index is 5.29. The third-order valence-corrected chi connectivity index (χ3v) is 1.32. The topological polar surface area (TPSA) is 21.3 Å². The highest BCUT2D eigenvalue weighted by Gasteiger charge is 2.15. The van der Waals surface area contributed by atoms with E-state index in [4.69, 9.17) is 4.74 Å². The summed E-state index contributed by atoms with van der Waals surface area (Å²) in [5.74, 6) is 0.780. The molecule has 0 aromatic rings. The Hall–Kier alpha value is -1.18. The van der Waals surface area contributed by atoms with E-state index in [1.54, 1.807) is 12.2 Å².